The molecule has 2 aromatic heterocycles. The van der Waals surface area contributed by atoms with E-state index < -0.39 is 0 Å². The van der Waals surface area contributed by atoms with Gasteiger partial charge in [-0.15, -0.1) is 0 Å². The minimum absolute atomic E-state index is 0.205. The number of carbonyl (C=O) groups is 1. The van der Waals surface area contributed by atoms with Gasteiger partial charge in [-0.3, -0.25) is 10.1 Å². The highest BCUT2D eigenvalue weighted by molar-refractivity contribution is 5.97. The molecule has 2 aromatic carbocycles. The smallest absolute Gasteiger partial charge is 0.241 e. The van der Waals surface area contributed by atoms with Crippen molar-refractivity contribution in [3.63, 3.8) is 0 Å². The number of aromatic nitrogens is 3. The summed E-state index contributed by atoms with van der Waals surface area (Å²) in [6.45, 7) is 0. The van der Waals surface area contributed by atoms with Gasteiger partial charge in [-0.25, -0.2) is 9.97 Å². The topological polar surface area (TPSA) is 99.4 Å². The molecular weight excluding hydrogens is 396 g/mol. The first kappa shape index (κ1) is 20.1. The van der Waals surface area contributed by atoms with E-state index in [2.05, 4.69) is 20.4 Å². The highest BCUT2D eigenvalue weighted by Gasteiger charge is 2.23. The average Bonchev–Trinajstić information content (AvgIpc) is 3.23. The summed E-state index contributed by atoms with van der Waals surface area (Å²) in [7, 11) is 3.13. The van der Waals surface area contributed by atoms with Crippen LogP contribution in [0.3, 0.4) is 0 Å². The molecule has 0 saturated heterocycles. The van der Waals surface area contributed by atoms with Crippen molar-refractivity contribution in [2.45, 2.75) is 6.42 Å². The van der Waals surface area contributed by atoms with Crippen molar-refractivity contribution in [3.8, 4) is 34.0 Å². The second-order valence-corrected chi connectivity index (χ2v) is 6.61. The molecule has 2 heterocycles. The number of hydrogen-bond donors (Lipinski definition) is 1. The van der Waals surface area contributed by atoms with Gasteiger partial charge in [0.15, 0.2) is 11.5 Å². The molecule has 4 aromatic rings. The van der Waals surface area contributed by atoms with Crippen LogP contribution in [0.25, 0.3) is 22.5 Å². The maximum atomic E-state index is 12.6. The molecule has 0 aliphatic rings. The van der Waals surface area contributed by atoms with E-state index in [1.807, 2.05) is 36.4 Å². The standard InChI is InChI=1S/C23H20N4O4/c1-29-18-9-8-16(13-19(18)30-2)22-21(17-10-11-24-14-25-17)23(31-27-22)26-20(28)12-15-6-4-3-5-7-15/h3-11,13-14H,12H2,1-2H3,(H,26,28). The lowest BCUT2D eigenvalue weighted by Gasteiger charge is -2.09. The first-order valence-corrected chi connectivity index (χ1v) is 9.52. The lowest BCUT2D eigenvalue weighted by Crippen LogP contribution is -2.14. The van der Waals surface area contributed by atoms with Crippen LogP contribution < -0.4 is 14.8 Å². The molecule has 156 valence electrons. The van der Waals surface area contributed by atoms with E-state index in [1.165, 1.54) is 6.33 Å². The predicted octanol–water partition coefficient (Wildman–Crippen LogP) is 4.00. The number of carbonyl (C=O) groups excluding carboxylic acids is 1. The van der Waals surface area contributed by atoms with Crippen LogP contribution in [-0.4, -0.2) is 35.3 Å². The fourth-order valence-corrected chi connectivity index (χ4v) is 3.18. The Labute approximate surface area is 178 Å². The quantitative estimate of drug-likeness (QED) is 0.486. The Balaban J connectivity index is 1.72. The van der Waals surface area contributed by atoms with Crippen LogP contribution in [0.5, 0.6) is 11.5 Å². The van der Waals surface area contributed by atoms with Crippen LogP contribution >= 0.6 is 0 Å². The second-order valence-electron chi connectivity index (χ2n) is 6.61. The molecule has 8 heteroatoms. The number of anilines is 1. The predicted molar refractivity (Wildman–Crippen MR) is 115 cm³/mol. The Kier molecular flexibility index (Phi) is 5.89. The van der Waals surface area contributed by atoms with Crippen LogP contribution in [0, 0.1) is 0 Å². The van der Waals surface area contributed by atoms with Gasteiger partial charge in [0.2, 0.25) is 11.8 Å². The zero-order valence-corrected chi connectivity index (χ0v) is 17.0. The van der Waals surface area contributed by atoms with Crippen LogP contribution in [-0.2, 0) is 11.2 Å². The maximum Gasteiger partial charge on any atom is 0.241 e. The minimum Gasteiger partial charge on any atom is -0.493 e. The molecule has 0 unspecified atom stereocenters. The maximum absolute atomic E-state index is 12.6. The SMILES string of the molecule is COc1ccc(-c2noc(NC(=O)Cc3ccccc3)c2-c2ccncn2)cc1OC. The van der Waals surface area contributed by atoms with Crippen molar-refractivity contribution < 1.29 is 18.8 Å². The van der Waals surface area contributed by atoms with Crippen molar-refractivity contribution in [2.24, 2.45) is 0 Å². The molecule has 0 spiro atoms. The third-order valence-corrected chi connectivity index (χ3v) is 4.65. The van der Waals surface area contributed by atoms with Crippen LogP contribution in [0.15, 0.2) is 71.6 Å². The summed E-state index contributed by atoms with van der Waals surface area (Å²) in [6, 6.07) is 16.6. The van der Waals surface area contributed by atoms with E-state index in [0.29, 0.717) is 28.5 Å². The van der Waals surface area contributed by atoms with E-state index in [-0.39, 0.29) is 18.2 Å². The van der Waals surface area contributed by atoms with Gasteiger partial charge in [-0.1, -0.05) is 35.5 Å². The summed E-state index contributed by atoms with van der Waals surface area (Å²) in [5.41, 5.74) is 3.24. The van der Waals surface area contributed by atoms with E-state index >= 15 is 0 Å². The summed E-state index contributed by atoms with van der Waals surface area (Å²) in [5, 5.41) is 7.02. The number of ether oxygens (including phenoxy) is 2. The Morgan fingerprint density at radius 3 is 2.55 bits per heavy atom. The molecule has 0 atom stereocenters. The second kappa shape index (κ2) is 9.08. The fourth-order valence-electron chi connectivity index (χ4n) is 3.18. The van der Waals surface area contributed by atoms with Crippen molar-refractivity contribution in [3.05, 3.63) is 72.7 Å². The molecule has 0 aliphatic carbocycles. The number of methoxy groups -OCH3 is 2. The Hall–Kier alpha value is -4.20. The Bertz CT molecular complexity index is 1180. The van der Waals surface area contributed by atoms with Gasteiger partial charge >= 0.3 is 0 Å². The first-order chi connectivity index (χ1) is 15.2. The number of amides is 1. The lowest BCUT2D eigenvalue weighted by molar-refractivity contribution is -0.115. The van der Waals surface area contributed by atoms with Crippen molar-refractivity contribution in [2.75, 3.05) is 19.5 Å². The summed E-state index contributed by atoms with van der Waals surface area (Å²) in [4.78, 5) is 20.9. The molecular formula is C23H20N4O4. The van der Waals surface area contributed by atoms with Crippen LogP contribution in [0.1, 0.15) is 5.56 Å². The average molecular weight is 416 g/mol. The normalized spacial score (nSPS) is 10.5. The van der Waals surface area contributed by atoms with Gasteiger partial charge in [0.25, 0.3) is 0 Å². The lowest BCUT2D eigenvalue weighted by atomic mass is 10.0. The minimum atomic E-state index is -0.225. The number of rotatable bonds is 7. The first-order valence-electron chi connectivity index (χ1n) is 9.52. The van der Waals surface area contributed by atoms with Gasteiger partial charge < -0.3 is 14.0 Å². The molecule has 0 aliphatic heterocycles. The zero-order chi connectivity index (χ0) is 21.6. The van der Waals surface area contributed by atoms with Crippen molar-refractivity contribution in [1.82, 2.24) is 15.1 Å². The molecule has 1 amide bonds. The van der Waals surface area contributed by atoms with E-state index in [4.69, 9.17) is 14.0 Å². The fraction of sp³-hybridized carbons (Fsp3) is 0.130. The zero-order valence-electron chi connectivity index (χ0n) is 17.0. The van der Waals surface area contributed by atoms with E-state index in [0.717, 1.165) is 11.1 Å². The summed E-state index contributed by atoms with van der Waals surface area (Å²) < 4.78 is 16.2. The third kappa shape index (κ3) is 4.37. The van der Waals surface area contributed by atoms with Gasteiger partial charge in [-0.05, 0) is 29.8 Å². The van der Waals surface area contributed by atoms with Crippen molar-refractivity contribution >= 4 is 11.8 Å². The van der Waals surface area contributed by atoms with Crippen LogP contribution in [0.2, 0.25) is 0 Å². The monoisotopic (exact) mass is 416 g/mol. The molecule has 0 saturated carbocycles. The van der Waals surface area contributed by atoms with Crippen molar-refractivity contribution in [1.29, 1.82) is 0 Å². The molecule has 4 rings (SSSR count). The van der Waals surface area contributed by atoms with Crippen LogP contribution in [0.4, 0.5) is 5.88 Å². The number of nitrogens with zero attached hydrogens (tertiary/aromatic N) is 3. The largest absolute Gasteiger partial charge is 0.493 e. The Morgan fingerprint density at radius 2 is 1.84 bits per heavy atom. The summed E-state index contributed by atoms with van der Waals surface area (Å²) in [6.07, 6.45) is 3.25. The highest BCUT2D eigenvalue weighted by Crippen LogP contribution is 2.39. The number of benzene rings is 2. The summed E-state index contributed by atoms with van der Waals surface area (Å²) >= 11 is 0. The molecule has 8 nitrogen and oxygen atoms in total. The van der Waals surface area contributed by atoms with E-state index in [9.17, 15) is 4.79 Å². The molecule has 0 radical (unpaired) electrons. The molecule has 0 fully saturated rings. The van der Waals surface area contributed by atoms with Gasteiger partial charge in [0.05, 0.1) is 31.9 Å². The van der Waals surface area contributed by atoms with E-state index in [1.54, 1.807) is 38.6 Å². The van der Waals surface area contributed by atoms with Gasteiger partial charge in [0, 0.05) is 11.8 Å². The highest BCUT2D eigenvalue weighted by atomic mass is 16.5. The molecule has 1 N–H and O–H groups in total. The van der Waals surface area contributed by atoms with Gasteiger partial charge in [-0.2, -0.15) is 0 Å². The van der Waals surface area contributed by atoms with Gasteiger partial charge in [0.1, 0.15) is 12.0 Å². The Morgan fingerprint density at radius 1 is 1.03 bits per heavy atom. The third-order valence-electron chi connectivity index (χ3n) is 4.65. The molecule has 0 bridgehead atoms. The number of nitrogens with one attached hydrogen (secondary N) is 1. The number of hydrogen-bond acceptors (Lipinski definition) is 7. The summed E-state index contributed by atoms with van der Waals surface area (Å²) in [5.74, 6) is 1.13. The molecule has 31 heavy (non-hydrogen) atoms.